The molecular formula is C6H14N3. The van der Waals surface area contributed by atoms with Crippen LogP contribution in [0.1, 0.15) is 6.92 Å². The molecule has 0 N–H and O–H groups in total. The zero-order chi connectivity index (χ0) is 7.02. The van der Waals surface area contributed by atoms with Crippen LogP contribution in [0, 0.1) is 6.67 Å². The highest BCUT2D eigenvalue weighted by molar-refractivity contribution is 4.75. The molecule has 3 heteroatoms. The van der Waals surface area contributed by atoms with E-state index in [2.05, 4.69) is 42.6 Å². The molecule has 1 fully saturated rings. The molecule has 1 atom stereocenters. The quantitative estimate of drug-likeness (QED) is 0.460. The van der Waals surface area contributed by atoms with Crippen LogP contribution in [-0.2, 0) is 0 Å². The van der Waals surface area contributed by atoms with E-state index in [1.165, 1.54) is 0 Å². The average Bonchev–Trinajstić information content (AvgIpc) is 1.98. The van der Waals surface area contributed by atoms with Gasteiger partial charge in [-0.3, -0.25) is 4.90 Å². The molecule has 53 valence electrons. The van der Waals surface area contributed by atoms with E-state index in [1.807, 2.05) is 7.05 Å². The van der Waals surface area contributed by atoms with Gasteiger partial charge in [-0.15, -0.1) is 0 Å². The summed E-state index contributed by atoms with van der Waals surface area (Å²) in [6.45, 7) is 4.24. The molecule has 0 aliphatic carbocycles. The van der Waals surface area contributed by atoms with Gasteiger partial charge in [0.2, 0.25) is 0 Å². The number of nitrogens with zero attached hydrogens (tertiary/aromatic N) is 3. The number of rotatable bonds is 0. The van der Waals surface area contributed by atoms with Gasteiger partial charge < -0.3 is 0 Å². The minimum absolute atomic E-state index is 0.495. The van der Waals surface area contributed by atoms with Crippen molar-refractivity contribution >= 4 is 0 Å². The van der Waals surface area contributed by atoms with E-state index in [9.17, 15) is 0 Å². The predicted molar refractivity (Wildman–Crippen MR) is 37.1 cm³/mol. The molecule has 0 spiro atoms. The summed E-state index contributed by atoms with van der Waals surface area (Å²) in [5.41, 5.74) is 0. The summed E-state index contributed by atoms with van der Waals surface area (Å²) in [7, 11) is 6.19. The van der Waals surface area contributed by atoms with Crippen LogP contribution < -0.4 is 0 Å². The largest absolute Gasteiger partial charge is 0.271 e. The Kier molecular flexibility index (Phi) is 1.75. The Labute approximate surface area is 56.8 Å². The average molecular weight is 128 g/mol. The lowest BCUT2D eigenvalue weighted by molar-refractivity contribution is 0.0644. The molecule has 0 aromatic carbocycles. The first kappa shape index (κ1) is 6.99. The fourth-order valence-corrected chi connectivity index (χ4v) is 0.969. The molecule has 0 bridgehead atoms. The maximum atomic E-state index is 2.17. The molecule has 0 aromatic rings. The summed E-state index contributed by atoms with van der Waals surface area (Å²) in [4.78, 5) is 2.17. The molecular weight excluding hydrogens is 114 g/mol. The highest BCUT2D eigenvalue weighted by atomic mass is 15.7. The Hall–Kier alpha value is -0.120. The number of hydrogen-bond acceptors (Lipinski definition) is 3. The third kappa shape index (κ3) is 1.08. The summed E-state index contributed by atoms with van der Waals surface area (Å²) in [6, 6.07) is 0. The first-order valence-corrected chi connectivity index (χ1v) is 3.15. The van der Waals surface area contributed by atoms with Crippen LogP contribution >= 0.6 is 0 Å². The lowest BCUT2D eigenvalue weighted by atomic mass is 10.5. The van der Waals surface area contributed by atoms with E-state index in [0.717, 1.165) is 0 Å². The smallest absolute Gasteiger partial charge is 0.107 e. The Balaban J connectivity index is 2.54. The summed E-state index contributed by atoms with van der Waals surface area (Å²) in [5.74, 6) is 0. The van der Waals surface area contributed by atoms with Crippen LogP contribution in [0.4, 0.5) is 0 Å². The Morgan fingerprint density at radius 2 is 1.78 bits per heavy atom. The van der Waals surface area contributed by atoms with Crippen molar-refractivity contribution in [2.24, 2.45) is 0 Å². The monoisotopic (exact) mass is 128 g/mol. The Bertz CT molecular complexity index is 92.5. The SMILES string of the molecule is CC1N(C)[CH]N(C)N1C. The number of hydrazine groups is 1. The molecule has 9 heavy (non-hydrogen) atoms. The van der Waals surface area contributed by atoms with Gasteiger partial charge in [-0.1, -0.05) is 0 Å². The van der Waals surface area contributed by atoms with Gasteiger partial charge in [-0.25, -0.2) is 10.0 Å². The maximum absolute atomic E-state index is 2.17. The number of hydrogen-bond donors (Lipinski definition) is 0. The van der Waals surface area contributed by atoms with Gasteiger partial charge in [0.05, 0.1) is 6.17 Å². The van der Waals surface area contributed by atoms with Crippen LogP contribution in [-0.4, -0.2) is 42.2 Å². The van der Waals surface area contributed by atoms with Crippen LogP contribution in [0.5, 0.6) is 0 Å². The van der Waals surface area contributed by atoms with E-state index < -0.39 is 0 Å². The van der Waals surface area contributed by atoms with Crippen molar-refractivity contribution < 1.29 is 0 Å². The van der Waals surface area contributed by atoms with E-state index in [4.69, 9.17) is 0 Å². The minimum atomic E-state index is 0.495. The van der Waals surface area contributed by atoms with E-state index in [-0.39, 0.29) is 0 Å². The highest BCUT2D eigenvalue weighted by Crippen LogP contribution is 2.15. The van der Waals surface area contributed by atoms with Crippen molar-refractivity contribution in [3.05, 3.63) is 6.67 Å². The molecule has 1 heterocycles. The van der Waals surface area contributed by atoms with Crippen molar-refractivity contribution in [2.45, 2.75) is 13.1 Å². The van der Waals surface area contributed by atoms with Crippen molar-refractivity contribution in [3.8, 4) is 0 Å². The summed E-state index contributed by atoms with van der Waals surface area (Å²) in [6.07, 6.45) is 0.495. The molecule has 3 nitrogen and oxygen atoms in total. The zero-order valence-electron chi connectivity index (χ0n) is 6.50. The molecule has 1 aliphatic heterocycles. The van der Waals surface area contributed by atoms with E-state index in [0.29, 0.717) is 6.17 Å². The first-order chi connectivity index (χ1) is 4.13. The van der Waals surface area contributed by atoms with Crippen LogP contribution in [0.25, 0.3) is 0 Å². The summed E-state index contributed by atoms with van der Waals surface area (Å²) in [5, 5.41) is 4.24. The van der Waals surface area contributed by atoms with E-state index >= 15 is 0 Å². The van der Waals surface area contributed by atoms with Gasteiger partial charge in [0.1, 0.15) is 6.67 Å². The van der Waals surface area contributed by atoms with Crippen molar-refractivity contribution in [1.82, 2.24) is 14.9 Å². The molecule has 1 saturated heterocycles. The molecule has 0 aromatic heterocycles. The van der Waals surface area contributed by atoms with Gasteiger partial charge in [0, 0.05) is 14.1 Å². The van der Waals surface area contributed by atoms with Gasteiger partial charge in [-0.2, -0.15) is 0 Å². The lowest BCUT2D eigenvalue weighted by Gasteiger charge is -2.21. The summed E-state index contributed by atoms with van der Waals surface area (Å²) < 4.78 is 0. The third-order valence-corrected chi connectivity index (χ3v) is 1.98. The maximum Gasteiger partial charge on any atom is 0.107 e. The molecule has 1 unspecified atom stereocenters. The van der Waals surface area contributed by atoms with Crippen molar-refractivity contribution in [2.75, 3.05) is 21.1 Å². The molecule has 0 amide bonds. The highest BCUT2D eigenvalue weighted by Gasteiger charge is 2.26. The second-order valence-electron chi connectivity index (χ2n) is 2.56. The van der Waals surface area contributed by atoms with Crippen LogP contribution in [0.2, 0.25) is 0 Å². The Morgan fingerprint density at radius 1 is 1.22 bits per heavy atom. The van der Waals surface area contributed by atoms with Crippen LogP contribution in [0.15, 0.2) is 0 Å². The predicted octanol–water partition coefficient (Wildman–Crippen LogP) is 0.176. The second kappa shape index (κ2) is 2.25. The Morgan fingerprint density at radius 3 is 1.89 bits per heavy atom. The molecule has 1 rings (SSSR count). The van der Waals surface area contributed by atoms with Crippen molar-refractivity contribution in [1.29, 1.82) is 0 Å². The summed E-state index contributed by atoms with van der Waals surface area (Å²) >= 11 is 0. The third-order valence-electron chi connectivity index (χ3n) is 1.98. The topological polar surface area (TPSA) is 9.72 Å². The standard InChI is InChI=1S/C6H14N3/c1-6-7(2)5-8(3)9(6)4/h5-6H,1-4H3. The van der Waals surface area contributed by atoms with Gasteiger partial charge in [-0.05, 0) is 14.0 Å². The zero-order valence-corrected chi connectivity index (χ0v) is 6.50. The van der Waals surface area contributed by atoms with Crippen LogP contribution in [0.3, 0.4) is 0 Å². The molecule has 1 radical (unpaired) electrons. The second-order valence-corrected chi connectivity index (χ2v) is 2.56. The van der Waals surface area contributed by atoms with Crippen molar-refractivity contribution in [3.63, 3.8) is 0 Å². The normalized spacial score (nSPS) is 34.0. The van der Waals surface area contributed by atoms with Gasteiger partial charge >= 0.3 is 0 Å². The molecule has 0 saturated carbocycles. The van der Waals surface area contributed by atoms with E-state index in [1.54, 1.807) is 0 Å². The first-order valence-electron chi connectivity index (χ1n) is 3.15. The van der Waals surface area contributed by atoms with Gasteiger partial charge in [0.15, 0.2) is 0 Å². The fourth-order valence-electron chi connectivity index (χ4n) is 0.969. The fraction of sp³-hybridized carbons (Fsp3) is 0.833. The molecule has 1 aliphatic rings. The van der Waals surface area contributed by atoms with Gasteiger partial charge in [0.25, 0.3) is 0 Å². The lowest BCUT2D eigenvalue weighted by Crippen LogP contribution is -2.34. The minimum Gasteiger partial charge on any atom is -0.271 e.